The number of halogens is 1. The Morgan fingerprint density at radius 1 is 1.14 bits per heavy atom. The molecule has 0 atom stereocenters. The molecular weight excluding hydrogens is 318 g/mol. The molecule has 0 aliphatic rings. The molecule has 0 bridgehead atoms. The van der Waals surface area contributed by atoms with Gasteiger partial charge in [-0.25, -0.2) is 9.52 Å². The number of alkyl halides is 1. The number of rotatable bonds is 9. The molecule has 0 fully saturated rings. The number of nitrogens with one attached hydrogen (secondary N) is 3. The number of alkyl carbamates (subject to hydrolysis) is 1. The van der Waals surface area contributed by atoms with E-state index in [1.807, 2.05) is 30.3 Å². The largest absolute Gasteiger partial charge is 0.448 e. The van der Waals surface area contributed by atoms with Crippen molar-refractivity contribution in [2.75, 3.05) is 25.6 Å². The molecule has 0 unspecified atom stereocenters. The summed E-state index contributed by atoms with van der Waals surface area (Å²) < 4.78 is 31.9. The first-order valence-electron chi connectivity index (χ1n) is 6.28. The third-order valence-corrected chi connectivity index (χ3v) is 3.65. The van der Waals surface area contributed by atoms with Crippen molar-refractivity contribution in [2.45, 2.75) is 6.54 Å². The summed E-state index contributed by atoms with van der Waals surface area (Å²) in [6.45, 7) is 0.400. The van der Waals surface area contributed by atoms with Crippen molar-refractivity contribution < 1.29 is 17.9 Å². The van der Waals surface area contributed by atoms with Crippen molar-refractivity contribution in [2.24, 2.45) is 0 Å². The second-order valence-corrected chi connectivity index (χ2v) is 5.92. The SMILES string of the molecule is O=C(NCc1ccccc1)OCCNS(=O)(=O)NCCCl. The molecule has 0 saturated carbocycles. The Labute approximate surface area is 129 Å². The summed E-state index contributed by atoms with van der Waals surface area (Å²) >= 11 is 5.36. The maximum atomic E-state index is 11.4. The number of amides is 1. The lowest BCUT2D eigenvalue weighted by Crippen LogP contribution is -2.39. The molecule has 7 nitrogen and oxygen atoms in total. The van der Waals surface area contributed by atoms with Gasteiger partial charge in [0.1, 0.15) is 6.61 Å². The van der Waals surface area contributed by atoms with Gasteiger partial charge >= 0.3 is 6.09 Å². The summed E-state index contributed by atoms with van der Waals surface area (Å²) in [4.78, 5) is 11.4. The summed E-state index contributed by atoms with van der Waals surface area (Å²) in [6, 6.07) is 9.36. The molecule has 9 heteroatoms. The lowest BCUT2D eigenvalue weighted by molar-refractivity contribution is 0.148. The second kappa shape index (κ2) is 9.56. The van der Waals surface area contributed by atoms with Crippen LogP contribution in [0, 0.1) is 0 Å². The first-order chi connectivity index (χ1) is 10.0. The first kappa shape index (κ1) is 17.7. The van der Waals surface area contributed by atoms with Crippen LogP contribution >= 0.6 is 11.6 Å². The maximum absolute atomic E-state index is 11.4. The van der Waals surface area contributed by atoms with E-state index in [2.05, 4.69) is 14.8 Å². The highest BCUT2D eigenvalue weighted by molar-refractivity contribution is 7.87. The van der Waals surface area contributed by atoms with Gasteiger partial charge in [-0.2, -0.15) is 13.1 Å². The van der Waals surface area contributed by atoms with Gasteiger partial charge in [0.15, 0.2) is 0 Å². The van der Waals surface area contributed by atoms with Gasteiger partial charge in [-0.15, -0.1) is 11.6 Å². The summed E-state index contributed by atoms with van der Waals surface area (Å²) in [7, 11) is -3.59. The van der Waals surface area contributed by atoms with E-state index in [1.165, 1.54) is 0 Å². The smallest absolute Gasteiger partial charge is 0.407 e. The number of carbonyl (C=O) groups is 1. The lowest BCUT2D eigenvalue weighted by Gasteiger charge is -2.09. The van der Waals surface area contributed by atoms with Gasteiger partial charge in [-0.05, 0) is 5.56 Å². The van der Waals surface area contributed by atoms with Gasteiger partial charge in [-0.3, -0.25) is 0 Å². The predicted molar refractivity (Wildman–Crippen MR) is 80.3 cm³/mol. The summed E-state index contributed by atoms with van der Waals surface area (Å²) in [5, 5.41) is 2.56. The fraction of sp³-hybridized carbons (Fsp3) is 0.417. The van der Waals surface area contributed by atoms with Gasteiger partial charge in [0.05, 0.1) is 0 Å². The van der Waals surface area contributed by atoms with E-state index in [1.54, 1.807) is 0 Å². The van der Waals surface area contributed by atoms with Gasteiger partial charge in [0, 0.05) is 25.5 Å². The van der Waals surface area contributed by atoms with Gasteiger partial charge in [0.2, 0.25) is 0 Å². The highest BCUT2D eigenvalue weighted by Crippen LogP contribution is 1.97. The molecule has 0 aromatic heterocycles. The van der Waals surface area contributed by atoms with Crippen LogP contribution in [-0.4, -0.2) is 40.1 Å². The molecule has 1 aromatic carbocycles. The van der Waals surface area contributed by atoms with Crippen LogP contribution in [0.5, 0.6) is 0 Å². The van der Waals surface area contributed by atoms with Gasteiger partial charge < -0.3 is 10.1 Å². The fourth-order valence-corrected chi connectivity index (χ4v) is 2.40. The highest BCUT2D eigenvalue weighted by Gasteiger charge is 2.08. The van der Waals surface area contributed by atoms with Crippen LogP contribution in [0.3, 0.4) is 0 Å². The van der Waals surface area contributed by atoms with Crippen LogP contribution in [0.1, 0.15) is 5.56 Å². The normalized spacial score (nSPS) is 11.1. The number of hydrogen-bond donors (Lipinski definition) is 3. The third kappa shape index (κ3) is 8.51. The van der Waals surface area contributed by atoms with Gasteiger partial charge in [-0.1, -0.05) is 30.3 Å². The van der Waals surface area contributed by atoms with Crippen LogP contribution in [0.25, 0.3) is 0 Å². The molecule has 0 heterocycles. The molecule has 0 aliphatic heterocycles. The van der Waals surface area contributed by atoms with Crippen molar-refractivity contribution in [1.29, 1.82) is 0 Å². The molecular formula is C12H18ClN3O4S. The van der Waals surface area contributed by atoms with E-state index in [-0.39, 0.29) is 25.6 Å². The maximum Gasteiger partial charge on any atom is 0.407 e. The van der Waals surface area contributed by atoms with Gasteiger partial charge in [0.25, 0.3) is 10.2 Å². The molecule has 1 aromatic rings. The Kier molecular flexibility index (Phi) is 8.06. The minimum Gasteiger partial charge on any atom is -0.448 e. The lowest BCUT2D eigenvalue weighted by atomic mass is 10.2. The minimum absolute atomic E-state index is 0.0175. The van der Waals surface area contributed by atoms with E-state index in [9.17, 15) is 13.2 Å². The molecule has 3 N–H and O–H groups in total. The Morgan fingerprint density at radius 2 is 1.81 bits per heavy atom. The molecule has 0 aliphatic carbocycles. The number of carbonyl (C=O) groups excluding carboxylic acids is 1. The monoisotopic (exact) mass is 335 g/mol. The van der Waals surface area contributed by atoms with E-state index < -0.39 is 16.3 Å². The summed E-state index contributed by atoms with van der Waals surface area (Å²) in [5.74, 6) is 0.180. The Bertz CT molecular complexity index is 525. The molecule has 1 amide bonds. The zero-order chi connectivity index (χ0) is 15.6. The van der Waals surface area contributed by atoms with Crippen molar-refractivity contribution in [1.82, 2.24) is 14.8 Å². The molecule has 21 heavy (non-hydrogen) atoms. The van der Waals surface area contributed by atoms with E-state index in [4.69, 9.17) is 16.3 Å². The van der Waals surface area contributed by atoms with Crippen LogP contribution in [0.4, 0.5) is 4.79 Å². The summed E-state index contributed by atoms with van der Waals surface area (Å²) in [5.41, 5.74) is 0.945. The topological polar surface area (TPSA) is 96.5 Å². The van der Waals surface area contributed by atoms with Crippen molar-refractivity contribution in [3.05, 3.63) is 35.9 Å². The molecule has 0 saturated heterocycles. The minimum atomic E-state index is -3.59. The first-order valence-corrected chi connectivity index (χ1v) is 8.30. The molecule has 1 rings (SSSR count). The number of ether oxygens (including phenoxy) is 1. The molecule has 0 radical (unpaired) electrons. The number of hydrogen-bond acceptors (Lipinski definition) is 4. The van der Waals surface area contributed by atoms with Crippen LogP contribution in [-0.2, 0) is 21.5 Å². The van der Waals surface area contributed by atoms with E-state index in [0.29, 0.717) is 6.54 Å². The fourth-order valence-electron chi connectivity index (χ4n) is 1.36. The zero-order valence-corrected chi connectivity index (χ0v) is 12.9. The highest BCUT2D eigenvalue weighted by atomic mass is 35.5. The predicted octanol–water partition coefficient (Wildman–Crippen LogP) is 0.576. The second-order valence-electron chi connectivity index (χ2n) is 3.96. The zero-order valence-electron chi connectivity index (χ0n) is 11.3. The summed E-state index contributed by atoms with van der Waals surface area (Å²) in [6.07, 6.45) is -0.605. The quantitative estimate of drug-likeness (QED) is 0.454. The van der Waals surface area contributed by atoms with Crippen LogP contribution in [0.2, 0.25) is 0 Å². The molecule has 0 spiro atoms. The standard InChI is InChI=1S/C12H18ClN3O4S/c13-6-7-15-21(18,19)16-8-9-20-12(17)14-10-11-4-2-1-3-5-11/h1-5,15-16H,6-10H2,(H,14,17). The van der Waals surface area contributed by atoms with Crippen molar-refractivity contribution >= 4 is 27.9 Å². The Hall–Kier alpha value is -1.35. The van der Waals surface area contributed by atoms with Crippen molar-refractivity contribution in [3.63, 3.8) is 0 Å². The van der Waals surface area contributed by atoms with Crippen LogP contribution < -0.4 is 14.8 Å². The van der Waals surface area contributed by atoms with Crippen molar-refractivity contribution in [3.8, 4) is 0 Å². The molecule has 118 valence electrons. The van der Waals surface area contributed by atoms with Crippen LogP contribution in [0.15, 0.2) is 30.3 Å². The average Bonchev–Trinajstić information content (AvgIpc) is 2.49. The third-order valence-electron chi connectivity index (χ3n) is 2.29. The average molecular weight is 336 g/mol. The number of benzene rings is 1. The Morgan fingerprint density at radius 3 is 2.48 bits per heavy atom. The van der Waals surface area contributed by atoms with E-state index in [0.717, 1.165) is 5.56 Å². The van der Waals surface area contributed by atoms with E-state index >= 15 is 0 Å². The Balaban J connectivity index is 2.13.